The van der Waals surface area contributed by atoms with Crippen molar-refractivity contribution in [1.82, 2.24) is 5.32 Å². The summed E-state index contributed by atoms with van der Waals surface area (Å²) < 4.78 is 10.8. The Balaban J connectivity index is 2.01. The highest BCUT2D eigenvalue weighted by atomic mass is 16.5. The Morgan fingerprint density at radius 3 is 2.32 bits per heavy atom. The molecule has 0 radical (unpaired) electrons. The molecule has 118 valence electrons. The van der Waals surface area contributed by atoms with Gasteiger partial charge in [-0.1, -0.05) is 26.0 Å². The predicted octanol–water partition coefficient (Wildman–Crippen LogP) is 3.39. The molecule has 0 aliphatic carbocycles. The minimum atomic E-state index is -0.105. The maximum Gasteiger partial charge on any atom is 0.258 e. The van der Waals surface area contributed by atoms with Gasteiger partial charge in [-0.15, -0.1) is 0 Å². The van der Waals surface area contributed by atoms with E-state index < -0.39 is 0 Å². The number of methoxy groups -OCH3 is 1. The first-order chi connectivity index (χ1) is 10.5. The molecule has 1 unspecified atom stereocenters. The van der Waals surface area contributed by atoms with Gasteiger partial charge in [0, 0.05) is 6.04 Å². The number of rotatable bonds is 6. The van der Waals surface area contributed by atoms with Crippen molar-refractivity contribution in [2.24, 2.45) is 5.92 Å². The van der Waals surface area contributed by atoms with Crippen LogP contribution < -0.4 is 14.8 Å². The molecular formula is C18H23NO3. The summed E-state index contributed by atoms with van der Waals surface area (Å²) in [6.07, 6.45) is 0. The molecule has 0 spiro atoms. The minimum absolute atomic E-state index is 0.0204. The monoisotopic (exact) mass is 301 g/mol. The van der Waals surface area contributed by atoms with E-state index >= 15 is 0 Å². The average molecular weight is 301 g/mol. The third kappa shape index (κ3) is 4.13. The first-order valence-electron chi connectivity index (χ1n) is 7.49. The standard InChI is InChI=1S/C18H23NO3/c1-12(2)13(3)19-18(20)11-22-17-8-6-14-5-7-16(21-4)9-15(14)10-17/h5-10,12-13H,11H2,1-4H3,(H,19,20). The lowest BCUT2D eigenvalue weighted by molar-refractivity contribution is -0.124. The molecule has 0 saturated heterocycles. The summed E-state index contributed by atoms with van der Waals surface area (Å²) in [7, 11) is 1.64. The summed E-state index contributed by atoms with van der Waals surface area (Å²) >= 11 is 0. The van der Waals surface area contributed by atoms with Gasteiger partial charge < -0.3 is 14.8 Å². The van der Waals surface area contributed by atoms with Crippen molar-refractivity contribution in [3.05, 3.63) is 36.4 Å². The highest BCUT2D eigenvalue weighted by molar-refractivity contribution is 5.85. The van der Waals surface area contributed by atoms with E-state index in [9.17, 15) is 4.79 Å². The second-order valence-corrected chi connectivity index (χ2v) is 5.76. The highest BCUT2D eigenvalue weighted by Gasteiger charge is 2.11. The van der Waals surface area contributed by atoms with Crippen molar-refractivity contribution >= 4 is 16.7 Å². The van der Waals surface area contributed by atoms with Crippen LogP contribution in [0.1, 0.15) is 20.8 Å². The van der Waals surface area contributed by atoms with Crippen LogP contribution in [0.5, 0.6) is 11.5 Å². The van der Waals surface area contributed by atoms with Crippen molar-refractivity contribution in [3.8, 4) is 11.5 Å². The van der Waals surface area contributed by atoms with E-state index in [1.54, 1.807) is 7.11 Å². The van der Waals surface area contributed by atoms with E-state index in [4.69, 9.17) is 9.47 Å². The Morgan fingerprint density at radius 1 is 1.05 bits per heavy atom. The number of carbonyl (C=O) groups is 1. The van der Waals surface area contributed by atoms with Crippen molar-refractivity contribution in [1.29, 1.82) is 0 Å². The molecule has 0 bridgehead atoms. The lowest BCUT2D eigenvalue weighted by Crippen LogP contribution is -2.38. The molecule has 2 aromatic rings. The molecule has 1 N–H and O–H groups in total. The molecule has 1 atom stereocenters. The van der Waals surface area contributed by atoms with E-state index in [0.29, 0.717) is 11.7 Å². The van der Waals surface area contributed by atoms with Crippen molar-refractivity contribution in [3.63, 3.8) is 0 Å². The molecule has 0 fully saturated rings. The number of carbonyl (C=O) groups excluding carboxylic acids is 1. The van der Waals surface area contributed by atoms with E-state index in [2.05, 4.69) is 19.2 Å². The van der Waals surface area contributed by atoms with Gasteiger partial charge in [0.25, 0.3) is 5.91 Å². The molecule has 0 aromatic heterocycles. The summed E-state index contributed by atoms with van der Waals surface area (Å²) in [5, 5.41) is 5.04. The van der Waals surface area contributed by atoms with Gasteiger partial charge in [0.1, 0.15) is 11.5 Å². The van der Waals surface area contributed by atoms with Gasteiger partial charge in [-0.05, 0) is 47.9 Å². The van der Waals surface area contributed by atoms with Crippen LogP contribution in [-0.4, -0.2) is 25.7 Å². The van der Waals surface area contributed by atoms with Crippen LogP contribution >= 0.6 is 0 Å². The zero-order chi connectivity index (χ0) is 16.1. The van der Waals surface area contributed by atoms with Gasteiger partial charge in [-0.3, -0.25) is 4.79 Å². The topological polar surface area (TPSA) is 47.6 Å². The second kappa shape index (κ2) is 7.16. The van der Waals surface area contributed by atoms with E-state index in [-0.39, 0.29) is 18.6 Å². The lowest BCUT2D eigenvalue weighted by Gasteiger charge is -2.17. The second-order valence-electron chi connectivity index (χ2n) is 5.76. The lowest BCUT2D eigenvalue weighted by atomic mass is 10.1. The maximum atomic E-state index is 11.8. The fraction of sp³-hybridized carbons (Fsp3) is 0.389. The van der Waals surface area contributed by atoms with E-state index in [1.165, 1.54) is 0 Å². The highest BCUT2D eigenvalue weighted by Crippen LogP contribution is 2.24. The van der Waals surface area contributed by atoms with Gasteiger partial charge in [0.05, 0.1) is 7.11 Å². The molecule has 0 saturated carbocycles. The number of amides is 1. The number of hydrogen-bond acceptors (Lipinski definition) is 3. The third-order valence-corrected chi connectivity index (χ3v) is 3.78. The normalized spacial score (nSPS) is 12.2. The number of nitrogens with one attached hydrogen (secondary N) is 1. The molecule has 0 heterocycles. The smallest absolute Gasteiger partial charge is 0.258 e. The minimum Gasteiger partial charge on any atom is -0.497 e. The molecule has 2 rings (SSSR count). The van der Waals surface area contributed by atoms with Crippen LogP contribution in [0.25, 0.3) is 10.8 Å². The summed E-state index contributed by atoms with van der Waals surface area (Å²) in [6, 6.07) is 11.8. The SMILES string of the molecule is COc1ccc2ccc(OCC(=O)NC(C)C(C)C)cc2c1. The van der Waals surface area contributed by atoms with Gasteiger partial charge in [-0.25, -0.2) is 0 Å². The van der Waals surface area contributed by atoms with Crippen LogP contribution in [0.4, 0.5) is 0 Å². The van der Waals surface area contributed by atoms with Gasteiger partial charge in [0.15, 0.2) is 6.61 Å². The average Bonchev–Trinajstić information content (AvgIpc) is 2.51. The predicted molar refractivity (Wildman–Crippen MR) is 88.4 cm³/mol. The Bertz CT molecular complexity index is 652. The van der Waals surface area contributed by atoms with Crippen molar-refractivity contribution in [2.45, 2.75) is 26.8 Å². The van der Waals surface area contributed by atoms with E-state index in [1.807, 2.05) is 43.3 Å². The molecule has 22 heavy (non-hydrogen) atoms. The maximum absolute atomic E-state index is 11.8. The zero-order valence-electron chi connectivity index (χ0n) is 13.6. The van der Waals surface area contributed by atoms with Crippen molar-refractivity contribution in [2.75, 3.05) is 13.7 Å². The van der Waals surface area contributed by atoms with Crippen LogP contribution in [0.2, 0.25) is 0 Å². The van der Waals surface area contributed by atoms with Crippen LogP contribution in [-0.2, 0) is 4.79 Å². The molecular weight excluding hydrogens is 278 g/mol. The third-order valence-electron chi connectivity index (χ3n) is 3.78. The fourth-order valence-corrected chi connectivity index (χ4v) is 2.03. The Morgan fingerprint density at radius 2 is 1.68 bits per heavy atom. The van der Waals surface area contributed by atoms with Crippen LogP contribution in [0.15, 0.2) is 36.4 Å². The van der Waals surface area contributed by atoms with Gasteiger partial charge in [0.2, 0.25) is 0 Å². The van der Waals surface area contributed by atoms with Crippen molar-refractivity contribution < 1.29 is 14.3 Å². The molecule has 1 amide bonds. The first-order valence-corrected chi connectivity index (χ1v) is 7.49. The summed E-state index contributed by atoms with van der Waals surface area (Å²) in [5.74, 6) is 1.77. The zero-order valence-corrected chi connectivity index (χ0v) is 13.6. The Kier molecular flexibility index (Phi) is 5.26. The van der Waals surface area contributed by atoms with Crippen LogP contribution in [0, 0.1) is 5.92 Å². The quantitative estimate of drug-likeness (QED) is 0.889. The van der Waals surface area contributed by atoms with Gasteiger partial charge in [-0.2, -0.15) is 0 Å². The molecule has 4 heteroatoms. The number of hydrogen-bond donors (Lipinski definition) is 1. The molecule has 2 aromatic carbocycles. The molecule has 0 aliphatic rings. The van der Waals surface area contributed by atoms with Gasteiger partial charge >= 0.3 is 0 Å². The van der Waals surface area contributed by atoms with E-state index in [0.717, 1.165) is 16.5 Å². The Hall–Kier alpha value is -2.23. The molecule has 0 aliphatic heterocycles. The summed E-state index contributed by atoms with van der Waals surface area (Å²) in [6.45, 7) is 6.16. The molecule has 4 nitrogen and oxygen atoms in total. The number of fused-ring (bicyclic) bond motifs is 1. The number of benzene rings is 2. The van der Waals surface area contributed by atoms with Crippen LogP contribution in [0.3, 0.4) is 0 Å². The number of ether oxygens (including phenoxy) is 2. The summed E-state index contributed by atoms with van der Waals surface area (Å²) in [4.78, 5) is 11.8. The summed E-state index contributed by atoms with van der Waals surface area (Å²) in [5.41, 5.74) is 0. The first kappa shape index (κ1) is 16.1. The largest absolute Gasteiger partial charge is 0.497 e. The fourth-order valence-electron chi connectivity index (χ4n) is 2.03. The Labute approximate surface area is 131 Å².